The van der Waals surface area contributed by atoms with Crippen LogP contribution >= 0.6 is 46.6 Å². The number of para-hydroxylation sites is 1. The monoisotopic (exact) mass is 431 g/mol. The summed E-state index contributed by atoms with van der Waals surface area (Å²) in [5, 5.41) is 2.20. The van der Waals surface area contributed by atoms with Crippen LogP contribution in [0.25, 0.3) is 0 Å². The number of aryl methyl sites for hydroxylation is 1. The number of benzene rings is 3. The van der Waals surface area contributed by atoms with E-state index in [9.17, 15) is 0 Å². The maximum absolute atomic E-state index is 6.53. The summed E-state index contributed by atoms with van der Waals surface area (Å²) in [5.74, 6) is 0. The zero-order valence-corrected chi connectivity index (χ0v) is 17.6. The molecule has 0 aromatic heterocycles. The van der Waals surface area contributed by atoms with Crippen LogP contribution in [-0.4, -0.2) is 5.71 Å². The lowest BCUT2D eigenvalue weighted by molar-refractivity contribution is 1.01. The van der Waals surface area contributed by atoms with E-state index in [0.717, 1.165) is 44.4 Å². The highest BCUT2D eigenvalue weighted by atomic mass is 35.5. The van der Waals surface area contributed by atoms with Crippen molar-refractivity contribution in [2.24, 2.45) is 4.99 Å². The molecule has 4 rings (SSSR count). The Morgan fingerprint density at radius 3 is 2.37 bits per heavy atom. The predicted octanol–water partition coefficient (Wildman–Crippen LogP) is 8.31. The minimum absolute atomic E-state index is 0.0737. The summed E-state index contributed by atoms with van der Waals surface area (Å²) in [7, 11) is 0. The molecule has 3 aromatic rings. The quantitative estimate of drug-likeness (QED) is 0.396. The van der Waals surface area contributed by atoms with Crippen molar-refractivity contribution in [2.45, 2.75) is 23.5 Å². The first-order chi connectivity index (χ1) is 13.0. The van der Waals surface area contributed by atoms with Crippen molar-refractivity contribution in [3.8, 4) is 0 Å². The number of rotatable bonds is 2. The number of aliphatic imine (C=N–C) groups is 1. The summed E-state index contributed by atoms with van der Waals surface area (Å²) in [4.78, 5) is 6.11. The van der Waals surface area contributed by atoms with E-state index >= 15 is 0 Å². The van der Waals surface area contributed by atoms with Gasteiger partial charge in [-0.15, -0.1) is 11.8 Å². The fourth-order valence-corrected chi connectivity index (χ4v) is 5.42. The molecule has 1 heterocycles. The van der Waals surface area contributed by atoms with Crippen LogP contribution in [-0.2, 0) is 0 Å². The summed E-state index contributed by atoms with van der Waals surface area (Å²) in [6.45, 7) is 2.01. The third-order valence-corrected chi connectivity index (χ3v) is 6.95. The topological polar surface area (TPSA) is 12.4 Å². The van der Waals surface area contributed by atoms with Crippen molar-refractivity contribution in [1.29, 1.82) is 0 Å². The lowest BCUT2D eigenvalue weighted by atomic mass is 9.99. The zero-order valence-electron chi connectivity index (χ0n) is 14.5. The fourth-order valence-electron chi connectivity index (χ4n) is 3.20. The maximum Gasteiger partial charge on any atom is 0.0769 e. The van der Waals surface area contributed by atoms with E-state index in [2.05, 4.69) is 12.1 Å². The molecule has 1 aliphatic rings. The van der Waals surface area contributed by atoms with Crippen molar-refractivity contribution in [3.63, 3.8) is 0 Å². The van der Waals surface area contributed by atoms with Crippen molar-refractivity contribution >= 4 is 58.0 Å². The number of hydrogen-bond acceptors (Lipinski definition) is 2. The van der Waals surface area contributed by atoms with Crippen LogP contribution in [0.3, 0.4) is 0 Å². The molecule has 0 aliphatic carbocycles. The van der Waals surface area contributed by atoms with Gasteiger partial charge in [0.25, 0.3) is 0 Å². The number of hydrogen-bond donors (Lipinski definition) is 0. The van der Waals surface area contributed by atoms with Crippen molar-refractivity contribution < 1.29 is 0 Å². The van der Waals surface area contributed by atoms with Crippen LogP contribution in [0.4, 0.5) is 5.69 Å². The van der Waals surface area contributed by atoms with Gasteiger partial charge in [0.05, 0.1) is 5.69 Å². The van der Waals surface area contributed by atoms with Gasteiger partial charge < -0.3 is 0 Å². The maximum atomic E-state index is 6.53. The third-order valence-electron chi connectivity index (χ3n) is 4.58. The van der Waals surface area contributed by atoms with Crippen LogP contribution < -0.4 is 0 Å². The summed E-state index contributed by atoms with van der Waals surface area (Å²) in [5.41, 5.74) is 5.04. The van der Waals surface area contributed by atoms with Crippen LogP contribution in [0.5, 0.6) is 0 Å². The number of halogens is 3. The molecule has 0 bridgehead atoms. The Bertz CT molecular complexity index is 1030. The molecule has 1 nitrogen and oxygen atoms in total. The van der Waals surface area contributed by atoms with Crippen LogP contribution in [0.15, 0.2) is 70.6 Å². The standard InChI is InChI=1S/C22H16Cl3NS/c1-13-11-14(9-10-15(13)23)19-12-21(22-16(24)5-4-6-17(22)25)27-20-8-3-2-7-18(20)26-19/h2-11,21H,12H2,1H3/t21-/m0/s1. The van der Waals surface area contributed by atoms with Gasteiger partial charge in [0.15, 0.2) is 0 Å². The highest BCUT2D eigenvalue weighted by Gasteiger charge is 2.26. The van der Waals surface area contributed by atoms with Gasteiger partial charge in [-0.3, -0.25) is 4.99 Å². The molecule has 27 heavy (non-hydrogen) atoms. The van der Waals surface area contributed by atoms with Gasteiger partial charge in [-0.2, -0.15) is 0 Å². The number of fused-ring (bicyclic) bond motifs is 1. The Kier molecular flexibility index (Phi) is 5.52. The average molecular weight is 433 g/mol. The van der Waals surface area contributed by atoms with E-state index in [1.165, 1.54) is 0 Å². The second-order valence-electron chi connectivity index (χ2n) is 6.44. The van der Waals surface area contributed by atoms with Crippen LogP contribution in [0.1, 0.15) is 28.4 Å². The minimum atomic E-state index is 0.0737. The molecule has 0 amide bonds. The highest BCUT2D eigenvalue weighted by Crippen LogP contribution is 2.49. The SMILES string of the molecule is Cc1cc(C2=Nc3ccccc3S[C@H](c3c(Cl)cccc3Cl)C2)ccc1Cl. The number of nitrogens with zero attached hydrogens (tertiary/aromatic N) is 1. The molecule has 0 spiro atoms. The highest BCUT2D eigenvalue weighted by molar-refractivity contribution is 7.99. The van der Waals surface area contributed by atoms with E-state index in [1.54, 1.807) is 11.8 Å². The molecule has 1 atom stereocenters. The van der Waals surface area contributed by atoms with E-state index in [-0.39, 0.29) is 5.25 Å². The second kappa shape index (κ2) is 7.89. The number of thioether (sulfide) groups is 1. The molecule has 0 saturated carbocycles. The zero-order chi connectivity index (χ0) is 19.0. The second-order valence-corrected chi connectivity index (χ2v) is 8.90. The molecule has 0 saturated heterocycles. The molecule has 0 unspecified atom stereocenters. The molecule has 3 aromatic carbocycles. The van der Waals surface area contributed by atoms with Crippen molar-refractivity contribution in [1.82, 2.24) is 0 Å². The third kappa shape index (κ3) is 3.90. The average Bonchev–Trinajstić information content (AvgIpc) is 2.83. The molecule has 0 radical (unpaired) electrons. The van der Waals surface area contributed by atoms with Gasteiger partial charge >= 0.3 is 0 Å². The summed E-state index contributed by atoms with van der Waals surface area (Å²) >= 11 is 21.0. The Hall–Kier alpha value is -1.45. The van der Waals surface area contributed by atoms with E-state index in [0.29, 0.717) is 10.0 Å². The van der Waals surface area contributed by atoms with Gasteiger partial charge in [0.2, 0.25) is 0 Å². The molecule has 0 N–H and O–H groups in total. The summed E-state index contributed by atoms with van der Waals surface area (Å²) in [6.07, 6.45) is 0.726. The normalized spacial score (nSPS) is 16.4. The van der Waals surface area contributed by atoms with Gasteiger partial charge in [-0.05, 0) is 54.4 Å². The van der Waals surface area contributed by atoms with E-state index in [4.69, 9.17) is 39.8 Å². The lowest BCUT2D eigenvalue weighted by Gasteiger charge is -2.19. The molecule has 5 heteroatoms. The first-order valence-electron chi connectivity index (χ1n) is 8.56. The predicted molar refractivity (Wildman–Crippen MR) is 119 cm³/mol. The molecular weight excluding hydrogens is 417 g/mol. The smallest absolute Gasteiger partial charge is 0.0769 e. The molecule has 1 aliphatic heterocycles. The molecular formula is C22H16Cl3NS. The summed E-state index contributed by atoms with van der Waals surface area (Å²) < 4.78 is 0. The fraction of sp³-hybridized carbons (Fsp3) is 0.136. The largest absolute Gasteiger partial charge is 0.252 e. The molecule has 0 fully saturated rings. The van der Waals surface area contributed by atoms with Gasteiger partial charge in [-0.25, -0.2) is 0 Å². The minimum Gasteiger partial charge on any atom is -0.252 e. The summed E-state index contributed by atoms with van der Waals surface area (Å²) in [6, 6.07) is 19.9. The van der Waals surface area contributed by atoms with Gasteiger partial charge in [-0.1, -0.05) is 59.1 Å². The Morgan fingerprint density at radius 2 is 1.63 bits per heavy atom. The van der Waals surface area contributed by atoms with Gasteiger partial charge in [0, 0.05) is 42.9 Å². The lowest BCUT2D eigenvalue weighted by Crippen LogP contribution is -2.06. The Labute approximate surface area is 178 Å². The molecule has 136 valence electrons. The first kappa shape index (κ1) is 18.9. The van der Waals surface area contributed by atoms with Crippen molar-refractivity contribution in [3.05, 3.63) is 92.4 Å². The van der Waals surface area contributed by atoms with Crippen LogP contribution in [0.2, 0.25) is 15.1 Å². The first-order valence-corrected chi connectivity index (χ1v) is 10.6. The van der Waals surface area contributed by atoms with Crippen LogP contribution in [0, 0.1) is 6.92 Å². The Balaban J connectivity index is 1.85. The van der Waals surface area contributed by atoms with E-state index in [1.807, 2.05) is 55.5 Å². The van der Waals surface area contributed by atoms with Crippen molar-refractivity contribution in [2.75, 3.05) is 0 Å². The van der Waals surface area contributed by atoms with Gasteiger partial charge in [0.1, 0.15) is 0 Å². The van der Waals surface area contributed by atoms with E-state index < -0.39 is 0 Å². The Morgan fingerprint density at radius 1 is 0.889 bits per heavy atom.